The van der Waals surface area contributed by atoms with E-state index < -0.39 is 14.6 Å². The van der Waals surface area contributed by atoms with Crippen LogP contribution in [0.5, 0.6) is 0 Å². The van der Waals surface area contributed by atoms with Crippen molar-refractivity contribution in [3.8, 4) is 0 Å². The van der Waals surface area contributed by atoms with Crippen LogP contribution >= 0.6 is 0 Å². The highest BCUT2D eigenvalue weighted by atomic mass is 32.2. The summed E-state index contributed by atoms with van der Waals surface area (Å²) >= 11 is 0. The molecule has 6 heteroatoms. The van der Waals surface area contributed by atoms with E-state index in [-0.39, 0.29) is 6.04 Å². The number of hydrogen-bond donors (Lipinski definition) is 1. The van der Waals surface area contributed by atoms with Gasteiger partial charge in [0, 0.05) is 32.0 Å². The van der Waals surface area contributed by atoms with Crippen molar-refractivity contribution in [3.05, 3.63) is 18.0 Å². The largest absolute Gasteiger partial charge is 0.312 e. The molecule has 0 fully saturated rings. The lowest BCUT2D eigenvalue weighted by atomic mass is 9.98. The molecule has 1 atom stereocenters. The second kappa shape index (κ2) is 6.05. The fourth-order valence-corrected chi connectivity index (χ4v) is 2.61. The third-order valence-electron chi connectivity index (χ3n) is 3.62. The van der Waals surface area contributed by atoms with Gasteiger partial charge in [-0.25, -0.2) is 8.42 Å². The van der Waals surface area contributed by atoms with Crippen LogP contribution in [0, 0.1) is 0 Å². The van der Waals surface area contributed by atoms with Gasteiger partial charge in [-0.2, -0.15) is 5.10 Å². The molecule has 1 unspecified atom stereocenters. The molecule has 1 heterocycles. The Balaban J connectivity index is 2.94. The van der Waals surface area contributed by atoms with Crippen LogP contribution in [0.15, 0.2) is 12.3 Å². The van der Waals surface area contributed by atoms with Crippen molar-refractivity contribution >= 4 is 9.84 Å². The third kappa shape index (κ3) is 4.04. The van der Waals surface area contributed by atoms with Gasteiger partial charge in [-0.15, -0.1) is 0 Å². The average molecular weight is 287 g/mol. The first kappa shape index (κ1) is 16.2. The van der Waals surface area contributed by atoms with Gasteiger partial charge in [-0.05, 0) is 32.9 Å². The molecule has 1 N–H and O–H groups in total. The molecule has 0 saturated heterocycles. The molecule has 19 heavy (non-hydrogen) atoms. The van der Waals surface area contributed by atoms with Gasteiger partial charge in [0.1, 0.15) is 0 Å². The lowest BCUT2D eigenvalue weighted by molar-refractivity contribution is 0.402. The average Bonchev–Trinajstić information content (AvgIpc) is 2.68. The molecule has 1 aromatic rings. The molecule has 0 aliphatic rings. The molecule has 0 amide bonds. The lowest BCUT2D eigenvalue weighted by Gasteiger charge is -2.33. The zero-order valence-electron chi connectivity index (χ0n) is 12.5. The zero-order valence-corrected chi connectivity index (χ0v) is 13.3. The van der Waals surface area contributed by atoms with Crippen molar-refractivity contribution in [2.24, 2.45) is 7.05 Å². The molecule has 5 nitrogen and oxygen atoms in total. The first-order valence-electron chi connectivity index (χ1n) is 6.60. The molecule has 1 rings (SSSR count). The summed E-state index contributed by atoms with van der Waals surface area (Å²) in [7, 11) is -1.28. The number of aromatic nitrogens is 2. The van der Waals surface area contributed by atoms with Gasteiger partial charge < -0.3 is 5.32 Å². The fraction of sp³-hybridized carbons (Fsp3) is 0.769. The summed E-state index contributed by atoms with van der Waals surface area (Å²) in [6, 6.07) is 1.79. The maximum Gasteiger partial charge on any atom is 0.154 e. The predicted octanol–water partition coefficient (Wildman–Crippen LogP) is 1.15. The van der Waals surface area contributed by atoms with Gasteiger partial charge in [0.25, 0.3) is 0 Å². The summed E-state index contributed by atoms with van der Waals surface area (Å²) in [5, 5.41) is 7.68. The topological polar surface area (TPSA) is 64.0 Å². The van der Waals surface area contributed by atoms with E-state index in [1.807, 2.05) is 19.3 Å². The highest BCUT2D eigenvalue weighted by Gasteiger charge is 2.38. The molecule has 0 aliphatic carbocycles. The van der Waals surface area contributed by atoms with Crippen LogP contribution in [0.2, 0.25) is 0 Å². The predicted molar refractivity (Wildman–Crippen MR) is 77.9 cm³/mol. The standard InChI is InChI=1S/C13H25N3O2S/c1-6-8-14-12(13(2,3)19(5,17)18)10-11-7-9-16(4)15-11/h7,9,12,14H,6,8,10H2,1-5H3. The summed E-state index contributed by atoms with van der Waals surface area (Å²) in [6.45, 7) is 6.42. The Morgan fingerprint density at radius 3 is 2.53 bits per heavy atom. The van der Waals surface area contributed by atoms with Crippen LogP contribution < -0.4 is 5.32 Å². The molecule has 0 saturated carbocycles. The van der Waals surface area contributed by atoms with Crippen molar-refractivity contribution in [3.63, 3.8) is 0 Å². The van der Waals surface area contributed by atoms with E-state index >= 15 is 0 Å². The zero-order chi connectivity index (χ0) is 14.7. The molecule has 110 valence electrons. The van der Waals surface area contributed by atoms with E-state index in [0.717, 1.165) is 18.7 Å². The first-order valence-corrected chi connectivity index (χ1v) is 8.49. The number of aryl methyl sites for hydroxylation is 1. The normalized spacial score (nSPS) is 14.6. The second-order valence-electron chi connectivity index (χ2n) is 5.57. The molecular formula is C13H25N3O2S. The molecule has 1 aromatic heterocycles. The van der Waals surface area contributed by atoms with Crippen molar-refractivity contribution in [2.75, 3.05) is 12.8 Å². The van der Waals surface area contributed by atoms with Crippen LogP contribution in [0.1, 0.15) is 32.9 Å². The lowest BCUT2D eigenvalue weighted by Crippen LogP contribution is -2.52. The van der Waals surface area contributed by atoms with E-state index in [9.17, 15) is 8.42 Å². The number of nitrogens with zero attached hydrogens (tertiary/aromatic N) is 2. The first-order chi connectivity index (χ1) is 8.68. The Kier molecular flexibility index (Phi) is 5.15. The van der Waals surface area contributed by atoms with Crippen molar-refractivity contribution < 1.29 is 8.42 Å². The minimum absolute atomic E-state index is 0.141. The SMILES string of the molecule is CCCNC(Cc1ccn(C)n1)C(C)(C)S(C)(=O)=O. The molecular weight excluding hydrogens is 262 g/mol. The van der Waals surface area contributed by atoms with Gasteiger partial charge >= 0.3 is 0 Å². The van der Waals surface area contributed by atoms with E-state index in [2.05, 4.69) is 17.3 Å². The quantitative estimate of drug-likeness (QED) is 0.817. The Labute approximate surface area is 116 Å². The van der Waals surface area contributed by atoms with E-state index in [4.69, 9.17) is 0 Å². The van der Waals surface area contributed by atoms with Crippen LogP contribution in [-0.4, -0.2) is 41.8 Å². The van der Waals surface area contributed by atoms with Gasteiger partial charge in [0.05, 0.1) is 10.4 Å². The monoisotopic (exact) mass is 287 g/mol. The summed E-state index contributed by atoms with van der Waals surface area (Å²) < 4.78 is 24.9. The number of hydrogen-bond acceptors (Lipinski definition) is 4. The number of nitrogens with one attached hydrogen (secondary N) is 1. The summed E-state index contributed by atoms with van der Waals surface area (Å²) in [6.07, 6.45) is 4.76. The molecule has 0 bridgehead atoms. The van der Waals surface area contributed by atoms with Crippen LogP contribution in [0.25, 0.3) is 0 Å². The number of sulfone groups is 1. The molecule has 0 spiro atoms. The maximum atomic E-state index is 12.0. The molecule has 0 aromatic carbocycles. The second-order valence-corrected chi connectivity index (χ2v) is 8.16. The van der Waals surface area contributed by atoms with E-state index in [0.29, 0.717) is 6.42 Å². The van der Waals surface area contributed by atoms with Crippen molar-refractivity contribution in [2.45, 2.75) is 44.4 Å². The van der Waals surface area contributed by atoms with E-state index in [1.165, 1.54) is 6.26 Å². The van der Waals surface area contributed by atoms with Crippen LogP contribution in [0.4, 0.5) is 0 Å². The van der Waals surface area contributed by atoms with Crippen LogP contribution in [-0.2, 0) is 23.3 Å². The van der Waals surface area contributed by atoms with Gasteiger partial charge in [0.15, 0.2) is 9.84 Å². The number of rotatable bonds is 7. The van der Waals surface area contributed by atoms with E-state index in [1.54, 1.807) is 18.5 Å². The van der Waals surface area contributed by atoms with Crippen LogP contribution in [0.3, 0.4) is 0 Å². The summed E-state index contributed by atoms with van der Waals surface area (Å²) in [5.41, 5.74) is 0.910. The van der Waals surface area contributed by atoms with Crippen molar-refractivity contribution in [1.82, 2.24) is 15.1 Å². The third-order valence-corrected chi connectivity index (χ3v) is 5.81. The minimum atomic E-state index is -3.14. The summed E-state index contributed by atoms with van der Waals surface area (Å²) in [4.78, 5) is 0. The maximum absolute atomic E-state index is 12.0. The Hall–Kier alpha value is -0.880. The molecule has 0 radical (unpaired) electrons. The smallest absolute Gasteiger partial charge is 0.154 e. The van der Waals surface area contributed by atoms with Gasteiger partial charge in [-0.3, -0.25) is 4.68 Å². The Bertz CT molecular complexity index is 506. The Morgan fingerprint density at radius 2 is 2.11 bits per heavy atom. The highest BCUT2D eigenvalue weighted by Crippen LogP contribution is 2.22. The van der Waals surface area contributed by atoms with Gasteiger partial charge in [-0.1, -0.05) is 6.92 Å². The Morgan fingerprint density at radius 1 is 1.47 bits per heavy atom. The highest BCUT2D eigenvalue weighted by molar-refractivity contribution is 7.92. The molecule has 0 aliphatic heterocycles. The van der Waals surface area contributed by atoms with Crippen molar-refractivity contribution in [1.29, 1.82) is 0 Å². The summed E-state index contributed by atoms with van der Waals surface area (Å²) in [5.74, 6) is 0. The van der Waals surface area contributed by atoms with Gasteiger partial charge in [0.2, 0.25) is 0 Å². The fourth-order valence-electron chi connectivity index (χ4n) is 1.92. The minimum Gasteiger partial charge on any atom is -0.312 e.